The fourth-order valence-electron chi connectivity index (χ4n) is 5.63. The molecule has 4 aromatic carbocycles. The van der Waals surface area contributed by atoms with E-state index in [-0.39, 0.29) is 28.3 Å². The van der Waals surface area contributed by atoms with Gasteiger partial charge in [0.15, 0.2) is 16.7 Å². The first-order valence-electron chi connectivity index (χ1n) is 15.4. The summed E-state index contributed by atoms with van der Waals surface area (Å²) in [6.45, 7) is 0.249. The number of nitro benzene ring substituents is 1. The molecule has 3 aromatic heterocycles. The number of ether oxygens (including phenoxy) is 2. The maximum absolute atomic E-state index is 14.3. The zero-order valence-electron chi connectivity index (χ0n) is 26.7. The lowest BCUT2D eigenvalue weighted by Crippen LogP contribution is -2.24. The summed E-state index contributed by atoms with van der Waals surface area (Å²) in [5, 5.41) is 21.9. The highest BCUT2D eigenvalue weighted by atomic mass is 32.2. The molecule has 0 bridgehead atoms. The number of aromatic nitrogens is 2. The lowest BCUT2D eigenvalue weighted by atomic mass is 10.1. The second-order valence-electron chi connectivity index (χ2n) is 11.2. The molecule has 0 unspecified atom stereocenters. The molecule has 0 fully saturated rings. The number of fused-ring (bicyclic) bond motifs is 2. The smallest absolute Gasteiger partial charge is 0.284 e. The summed E-state index contributed by atoms with van der Waals surface area (Å²) in [4.78, 5) is 46.0. The van der Waals surface area contributed by atoms with E-state index in [1.54, 1.807) is 24.9 Å². The minimum absolute atomic E-state index is 0.127. The first-order chi connectivity index (χ1) is 24.3. The van der Waals surface area contributed by atoms with Gasteiger partial charge in [0, 0.05) is 39.7 Å². The van der Waals surface area contributed by atoms with E-state index in [1.807, 2.05) is 77.5 Å². The van der Waals surface area contributed by atoms with Crippen molar-refractivity contribution >= 4 is 72.7 Å². The summed E-state index contributed by atoms with van der Waals surface area (Å²) in [7, 11) is 3.13. The molecule has 0 saturated carbocycles. The minimum atomic E-state index is -0.528. The molecule has 1 amide bonds. The van der Waals surface area contributed by atoms with Crippen molar-refractivity contribution in [1.29, 1.82) is 0 Å². The number of aryl methyl sites for hydroxylation is 1. The van der Waals surface area contributed by atoms with Crippen molar-refractivity contribution in [2.75, 3.05) is 19.5 Å². The van der Waals surface area contributed by atoms with Crippen molar-refractivity contribution in [3.8, 4) is 21.9 Å². The third-order valence-corrected chi connectivity index (χ3v) is 11.0. The molecule has 7 aromatic rings. The van der Waals surface area contributed by atoms with E-state index in [2.05, 4.69) is 5.32 Å². The molecule has 7 rings (SSSR count). The van der Waals surface area contributed by atoms with Gasteiger partial charge in [0.25, 0.3) is 17.2 Å². The third kappa shape index (κ3) is 6.58. The Morgan fingerprint density at radius 3 is 2.52 bits per heavy atom. The van der Waals surface area contributed by atoms with Gasteiger partial charge < -0.3 is 14.8 Å². The number of amides is 1. The predicted molar refractivity (Wildman–Crippen MR) is 200 cm³/mol. The van der Waals surface area contributed by atoms with E-state index < -0.39 is 10.8 Å². The number of hydrogen-bond acceptors (Lipinski definition) is 10. The standard InChI is InChI=1S/C37H28N4O6S3/c1-46-29-13-9-22(18-30(29)47-2)15-16-40-36(43)33-27(31-8-5-17-48-31)21-49-35(33)39-37(40)50-32-14-11-25(20-28(32)41(44)45)34(42)38-26-12-10-23-6-3-4-7-24(23)19-26/h3-14,17-21H,15-16H2,1-2H3,(H,38,42). The monoisotopic (exact) mass is 720 g/mol. The number of benzene rings is 4. The molecular formula is C37H28N4O6S3. The van der Waals surface area contributed by atoms with Crippen LogP contribution in [0.1, 0.15) is 15.9 Å². The second-order valence-corrected chi connectivity index (χ2v) is 14.0. The predicted octanol–water partition coefficient (Wildman–Crippen LogP) is 8.91. The minimum Gasteiger partial charge on any atom is -0.493 e. The van der Waals surface area contributed by atoms with Crippen molar-refractivity contribution in [2.45, 2.75) is 23.0 Å². The van der Waals surface area contributed by atoms with Crippen LogP contribution < -0.4 is 20.3 Å². The fraction of sp³-hybridized carbons (Fsp3) is 0.108. The van der Waals surface area contributed by atoms with Crippen LogP contribution in [0.15, 0.2) is 117 Å². The largest absolute Gasteiger partial charge is 0.493 e. The van der Waals surface area contributed by atoms with Crippen molar-refractivity contribution in [3.63, 3.8) is 0 Å². The molecule has 0 aliphatic rings. The van der Waals surface area contributed by atoms with Gasteiger partial charge in [0.1, 0.15) is 4.83 Å². The van der Waals surface area contributed by atoms with Crippen LogP contribution in [0.4, 0.5) is 11.4 Å². The SMILES string of the molecule is COc1ccc(CCn2c(Sc3ccc(C(=O)Nc4ccc5ccccc5c4)cc3[N+](=O)[O-])nc3scc(-c4cccs4)c3c2=O)cc1OC. The van der Waals surface area contributed by atoms with Crippen LogP contribution in [0.25, 0.3) is 31.4 Å². The van der Waals surface area contributed by atoms with Gasteiger partial charge >= 0.3 is 0 Å². The number of hydrogen-bond donors (Lipinski definition) is 1. The van der Waals surface area contributed by atoms with Crippen LogP contribution in [0.5, 0.6) is 11.5 Å². The first-order valence-corrected chi connectivity index (χ1v) is 17.9. The maximum Gasteiger partial charge on any atom is 0.284 e. The van der Waals surface area contributed by atoms with Crippen LogP contribution in [-0.4, -0.2) is 34.6 Å². The number of methoxy groups -OCH3 is 2. The van der Waals surface area contributed by atoms with E-state index in [0.29, 0.717) is 39.0 Å². The van der Waals surface area contributed by atoms with Gasteiger partial charge in [-0.3, -0.25) is 24.3 Å². The zero-order valence-corrected chi connectivity index (χ0v) is 29.2. The highest BCUT2D eigenvalue weighted by Crippen LogP contribution is 2.38. The number of rotatable bonds is 11. The topological polar surface area (TPSA) is 126 Å². The number of thiophene rings is 2. The van der Waals surface area contributed by atoms with Gasteiger partial charge in [0.05, 0.1) is 29.4 Å². The second kappa shape index (κ2) is 14.2. The van der Waals surface area contributed by atoms with E-state index in [9.17, 15) is 19.7 Å². The van der Waals surface area contributed by atoms with E-state index >= 15 is 0 Å². The summed E-state index contributed by atoms with van der Waals surface area (Å²) >= 11 is 3.91. The highest BCUT2D eigenvalue weighted by Gasteiger charge is 2.23. The molecule has 50 heavy (non-hydrogen) atoms. The Kier molecular flexibility index (Phi) is 9.35. The lowest BCUT2D eigenvalue weighted by Gasteiger charge is -2.14. The zero-order chi connectivity index (χ0) is 34.8. The lowest BCUT2D eigenvalue weighted by molar-refractivity contribution is -0.387. The van der Waals surface area contributed by atoms with Crippen LogP contribution in [0, 0.1) is 10.1 Å². The summed E-state index contributed by atoms with van der Waals surface area (Å²) in [6.07, 6.45) is 0.454. The molecule has 10 nitrogen and oxygen atoms in total. The number of nitrogens with one attached hydrogen (secondary N) is 1. The van der Waals surface area contributed by atoms with Gasteiger partial charge in [-0.1, -0.05) is 42.5 Å². The van der Waals surface area contributed by atoms with Gasteiger partial charge in [-0.25, -0.2) is 4.98 Å². The molecule has 250 valence electrons. The summed E-state index contributed by atoms with van der Waals surface area (Å²) in [5.74, 6) is 0.679. The van der Waals surface area contributed by atoms with Crippen LogP contribution >= 0.6 is 34.4 Å². The molecule has 0 aliphatic carbocycles. The molecule has 0 aliphatic heterocycles. The highest BCUT2D eigenvalue weighted by molar-refractivity contribution is 7.99. The van der Waals surface area contributed by atoms with Gasteiger partial charge in [-0.2, -0.15) is 0 Å². The molecule has 3 heterocycles. The Morgan fingerprint density at radius 2 is 1.76 bits per heavy atom. The van der Waals surface area contributed by atoms with Crippen molar-refractivity contribution < 1.29 is 19.2 Å². The van der Waals surface area contributed by atoms with Crippen LogP contribution in [0.2, 0.25) is 0 Å². The molecule has 1 N–H and O–H groups in total. The average Bonchev–Trinajstić information content (AvgIpc) is 3.82. The quantitative estimate of drug-likeness (QED) is 0.0798. The molecule has 0 radical (unpaired) electrons. The van der Waals surface area contributed by atoms with E-state index in [0.717, 1.165) is 38.5 Å². The van der Waals surface area contributed by atoms with Crippen LogP contribution in [-0.2, 0) is 13.0 Å². The summed E-state index contributed by atoms with van der Waals surface area (Å²) < 4.78 is 12.4. The average molecular weight is 721 g/mol. The molecule has 0 spiro atoms. The number of nitro groups is 1. The van der Waals surface area contributed by atoms with Gasteiger partial charge in [-0.05, 0) is 82.4 Å². The molecule has 0 atom stereocenters. The molecule has 0 saturated heterocycles. The number of carbonyl (C=O) groups is 1. The number of carbonyl (C=O) groups excluding carboxylic acids is 1. The maximum atomic E-state index is 14.3. The molecular weight excluding hydrogens is 693 g/mol. The summed E-state index contributed by atoms with van der Waals surface area (Å²) in [6, 6.07) is 27.1. The van der Waals surface area contributed by atoms with E-state index in [1.165, 1.54) is 40.9 Å². The Bertz CT molecular complexity index is 2460. The Labute approximate surface area is 298 Å². The van der Waals surface area contributed by atoms with Gasteiger partial charge in [-0.15, -0.1) is 22.7 Å². The Hall–Kier alpha value is -5.50. The number of anilines is 1. The number of nitrogens with zero attached hydrogens (tertiary/aromatic N) is 3. The van der Waals surface area contributed by atoms with E-state index in [4.69, 9.17) is 14.5 Å². The first kappa shape index (κ1) is 33.0. The Balaban J connectivity index is 1.24. The normalized spacial score (nSPS) is 11.2. The fourth-order valence-corrected chi connectivity index (χ4v) is 8.43. The van der Waals surface area contributed by atoms with Crippen molar-refractivity contribution in [2.24, 2.45) is 0 Å². The van der Waals surface area contributed by atoms with Gasteiger partial charge in [0.2, 0.25) is 0 Å². The van der Waals surface area contributed by atoms with Crippen molar-refractivity contribution in [3.05, 3.63) is 133 Å². The Morgan fingerprint density at radius 1 is 0.940 bits per heavy atom. The third-order valence-electron chi connectivity index (χ3n) is 8.14. The van der Waals surface area contributed by atoms with Crippen molar-refractivity contribution in [1.82, 2.24) is 9.55 Å². The summed E-state index contributed by atoms with van der Waals surface area (Å²) in [5.41, 5.74) is 1.90. The molecule has 13 heteroatoms. The van der Waals surface area contributed by atoms with Crippen LogP contribution in [0.3, 0.4) is 0 Å².